The Morgan fingerprint density at radius 3 is 2.65 bits per heavy atom. The molecule has 1 aliphatic heterocycles. The van der Waals surface area contributed by atoms with Gasteiger partial charge in [-0.1, -0.05) is 0 Å². The summed E-state index contributed by atoms with van der Waals surface area (Å²) in [6, 6.07) is 5.78. The highest BCUT2D eigenvalue weighted by atomic mass is 16.5. The number of hydrogen-bond donors (Lipinski definition) is 1. The maximum atomic E-state index is 11.4. The van der Waals surface area contributed by atoms with E-state index in [1.165, 1.54) is 6.20 Å². The number of likely N-dealkylation sites (N-methyl/N-ethyl adjacent to an activating group) is 1. The lowest BCUT2D eigenvalue weighted by Crippen LogP contribution is -2.44. The van der Waals surface area contributed by atoms with Gasteiger partial charge in [-0.3, -0.25) is 9.78 Å². The molecular formula is C17H22N4O2. The summed E-state index contributed by atoms with van der Waals surface area (Å²) in [5, 5.41) is 0.902. The maximum Gasteiger partial charge on any atom is 0.250 e. The normalized spacial score (nSPS) is 15.8. The summed E-state index contributed by atoms with van der Waals surface area (Å²) in [7, 11) is 2.13. The van der Waals surface area contributed by atoms with Gasteiger partial charge in [0.25, 0.3) is 0 Å². The minimum atomic E-state index is -0.463. The van der Waals surface area contributed by atoms with Crippen molar-refractivity contribution in [2.45, 2.75) is 6.92 Å². The van der Waals surface area contributed by atoms with Crippen LogP contribution in [0.1, 0.15) is 17.3 Å². The van der Waals surface area contributed by atoms with Crippen LogP contribution in [0.25, 0.3) is 10.9 Å². The van der Waals surface area contributed by atoms with Crippen LogP contribution in [0.4, 0.5) is 5.69 Å². The number of fused-ring (bicyclic) bond motifs is 1. The van der Waals surface area contributed by atoms with Gasteiger partial charge in [0.05, 0.1) is 23.4 Å². The van der Waals surface area contributed by atoms with Gasteiger partial charge in [-0.25, -0.2) is 0 Å². The highest BCUT2D eigenvalue weighted by molar-refractivity contribution is 5.97. The van der Waals surface area contributed by atoms with Crippen molar-refractivity contribution < 1.29 is 9.53 Å². The number of anilines is 1. The van der Waals surface area contributed by atoms with Gasteiger partial charge >= 0.3 is 0 Å². The number of nitrogens with two attached hydrogens (primary N) is 1. The molecule has 122 valence electrons. The van der Waals surface area contributed by atoms with E-state index in [-0.39, 0.29) is 0 Å². The number of nitrogens with zero attached hydrogens (tertiary/aromatic N) is 3. The Labute approximate surface area is 135 Å². The van der Waals surface area contributed by atoms with E-state index < -0.39 is 5.91 Å². The molecule has 1 amide bonds. The molecule has 1 aromatic carbocycles. The monoisotopic (exact) mass is 314 g/mol. The first kappa shape index (κ1) is 15.6. The van der Waals surface area contributed by atoms with Crippen LogP contribution in [-0.2, 0) is 0 Å². The van der Waals surface area contributed by atoms with Gasteiger partial charge in [-0.05, 0) is 26.1 Å². The smallest absolute Gasteiger partial charge is 0.250 e. The SMILES string of the molecule is CCOc1cc2ncc(C(N)=O)cc2cc1N1CCN(C)CC1. The largest absolute Gasteiger partial charge is 0.492 e. The maximum absolute atomic E-state index is 11.4. The number of rotatable bonds is 4. The molecule has 2 N–H and O–H groups in total. The van der Waals surface area contributed by atoms with E-state index in [0.717, 1.165) is 48.5 Å². The van der Waals surface area contributed by atoms with Crippen molar-refractivity contribution >= 4 is 22.5 Å². The number of aromatic nitrogens is 1. The van der Waals surface area contributed by atoms with E-state index in [9.17, 15) is 4.79 Å². The molecule has 1 saturated heterocycles. The fourth-order valence-corrected chi connectivity index (χ4v) is 2.85. The standard InChI is InChI=1S/C17H22N4O2/c1-3-23-16-10-14-12(8-13(11-19-14)17(18)22)9-15(16)21-6-4-20(2)5-7-21/h8-11H,3-7H2,1-2H3,(H2,18,22). The highest BCUT2D eigenvalue weighted by Crippen LogP contribution is 2.33. The third-order valence-electron chi connectivity index (χ3n) is 4.19. The molecule has 0 bridgehead atoms. The van der Waals surface area contributed by atoms with Crippen LogP contribution in [0.3, 0.4) is 0 Å². The summed E-state index contributed by atoms with van der Waals surface area (Å²) in [5.41, 5.74) is 7.64. The van der Waals surface area contributed by atoms with Gasteiger partial charge in [0.1, 0.15) is 5.75 Å². The Morgan fingerprint density at radius 1 is 1.26 bits per heavy atom. The number of benzene rings is 1. The van der Waals surface area contributed by atoms with Crippen LogP contribution in [-0.4, -0.2) is 55.6 Å². The first-order chi connectivity index (χ1) is 11.1. The molecule has 0 atom stereocenters. The average Bonchev–Trinajstić information content (AvgIpc) is 2.55. The van der Waals surface area contributed by atoms with Gasteiger partial charge in [-0.2, -0.15) is 0 Å². The van der Waals surface area contributed by atoms with Crippen molar-refractivity contribution in [3.8, 4) is 5.75 Å². The number of primary amides is 1. The lowest BCUT2D eigenvalue weighted by Gasteiger charge is -2.35. The molecule has 23 heavy (non-hydrogen) atoms. The second-order valence-corrected chi connectivity index (χ2v) is 5.82. The first-order valence-corrected chi connectivity index (χ1v) is 7.88. The molecule has 0 aliphatic carbocycles. The summed E-state index contributed by atoms with van der Waals surface area (Å²) in [6.07, 6.45) is 1.51. The number of piperazine rings is 1. The molecule has 1 aliphatic rings. The zero-order valence-corrected chi connectivity index (χ0v) is 13.6. The molecule has 2 aromatic rings. The van der Waals surface area contributed by atoms with E-state index in [4.69, 9.17) is 10.5 Å². The number of amides is 1. The van der Waals surface area contributed by atoms with Crippen molar-refractivity contribution in [3.63, 3.8) is 0 Å². The molecule has 3 rings (SSSR count). The summed E-state index contributed by atoms with van der Waals surface area (Å²) in [6.45, 7) is 6.51. The van der Waals surface area contributed by atoms with Crippen molar-refractivity contribution in [2.75, 3.05) is 44.7 Å². The number of pyridine rings is 1. The zero-order chi connectivity index (χ0) is 16.4. The molecule has 6 heteroatoms. The number of hydrogen-bond acceptors (Lipinski definition) is 5. The minimum Gasteiger partial charge on any atom is -0.492 e. The third kappa shape index (κ3) is 3.22. The summed E-state index contributed by atoms with van der Waals surface area (Å²) < 4.78 is 5.82. The van der Waals surface area contributed by atoms with Crippen LogP contribution in [0.5, 0.6) is 5.75 Å². The lowest BCUT2D eigenvalue weighted by atomic mass is 10.1. The van der Waals surface area contributed by atoms with Crippen molar-refractivity contribution in [1.82, 2.24) is 9.88 Å². The van der Waals surface area contributed by atoms with E-state index in [2.05, 4.69) is 21.8 Å². The topological polar surface area (TPSA) is 71.7 Å². The van der Waals surface area contributed by atoms with E-state index in [1.54, 1.807) is 6.07 Å². The predicted molar refractivity (Wildman–Crippen MR) is 91.1 cm³/mol. The van der Waals surface area contributed by atoms with Gasteiger partial charge in [0, 0.05) is 43.8 Å². The van der Waals surface area contributed by atoms with Gasteiger partial charge < -0.3 is 20.3 Å². The van der Waals surface area contributed by atoms with Crippen LogP contribution < -0.4 is 15.4 Å². The summed E-state index contributed by atoms with van der Waals surface area (Å²) in [5.74, 6) is 0.373. The fourth-order valence-electron chi connectivity index (χ4n) is 2.85. The molecule has 0 saturated carbocycles. The van der Waals surface area contributed by atoms with E-state index in [1.807, 2.05) is 19.1 Å². The summed E-state index contributed by atoms with van der Waals surface area (Å²) in [4.78, 5) is 20.3. The lowest BCUT2D eigenvalue weighted by molar-refractivity contribution is 0.1000. The molecule has 0 spiro atoms. The average molecular weight is 314 g/mol. The zero-order valence-electron chi connectivity index (χ0n) is 13.6. The van der Waals surface area contributed by atoms with E-state index in [0.29, 0.717) is 12.2 Å². The van der Waals surface area contributed by atoms with Gasteiger partial charge in [0.2, 0.25) is 5.91 Å². The molecular weight excluding hydrogens is 292 g/mol. The van der Waals surface area contributed by atoms with Crippen molar-refractivity contribution in [2.24, 2.45) is 5.73 Å². The quantitative estimate of drug-likeness (QED) is 0.925. The number of ether oxygens (including phenoxy) is 1. The Balaban J connectivity index is 2.05. The Morgan fingerprint density at radius 2 is 2.00 bits per heavy atom. The molecule has 1 aromatic heterocycles. The highest BCUT2D eigenvalue weighted by Gasteiger charge is 2.19. The summed E-state index contributed by atoms with van der Waals surface area (Å²) >= 11 is 0. The molecule has 6 nitrogen and oxygen atoms in total. The second kappa shape index (κ2) is 6.42. The Bertz CT molecular complexity index is 724. The Kier molecular flexibility index (Phi) is 4.34. The minimum absolute atomic E-state index is 0.422. The number of carbonyl (C=O) groups excluding carboxylic acids is 1. The molecule has 1 fully saturated rings. The molecule has 0 radical (unpaired) electrons. The van der Waals surface area contributed by atoms with Crippen molar-refractivity contribution in [1.29, 1.82) is 0 Å². The molecule has 2 heterocycles. The Hall–Kier alpha value is -2.34. The van der Waals surface area contributed by atoms with Crippen LogP contribution in [0, 0.1) is 0 Å². The van der Waals surface area contributed by atoms with E-state index >= 15 is 0 Å². The van der Waals surface area contributed by atoms with Gasteiger partial charge in [-0.15, -0.1) is 0 Å². The molecule has 0 unspecified atom stereocenters. The first-order valence-electron chi connectivity index (χ1n) is 7.88. The fraction of sp³-hybridized carbons (Fsp3) is 0.412. The second-order valence-electron chi connectivity index (χ2n) is 5.82. The van der Waals surface area contributed by atoms with Gasteiger partial charge in [0.15, 0.2) is 0 Å². The van der Waals surface area contributed by atoms with Crippen LogP contribution >= 0.6 is 0 Å². The van der Waals surface area contributed by atoms with Crippen LogP contribution in [0.2, 0.25) is 0 Å². The van der Waals surface area contributed by atoms with Crippen LogP contribution in [0.15, 0.2) is 24.4 Å². The third-order valence-corrected chi connectivity index (χ3v) is 4.19. The van der Waals surface area contributed by atoms with Crippen molar-refractivity contribution in [3.05, 3.63) is 30.0 Å². The predicted octanol–water partition coefficient (Wildman–Crippen LogP) is 1.48. The number of carbonyl (C=O) groups is 1.